The molecule has 5 nitrogen and oxygen atoms in total. The summed E-state index contributed by atoms with van der Waals surface area (Å²) in [6.45, 7) is 1.84. The molecule has 90 valence electrons. The van der Waals surface area contributed by atoms with Crippen LogP contribution in [0.2, 0.25) is 4.47 Å². The summed E-state index contributed by atoms with van der Waals surface area (Å²) in [5.41, 5.74) is 0. The number of rotatable bonds is 5. The summed E-state index contributed by atoms with van der Waals surface area (Å²) >= 11 is 8.10. The largest absolute Gasteiger partial charge is 0.395 e. The van der Waals surface area contributed by atoms with Gasteiger partial charge in [-0.3, -0.25) is 4.79 Å². The first-order valence-corrected chi connectivity index (χ1v) is 7.00. The summed E-state index contributed by atoms with van der Waals surface area (Å²) in [5, 5.41) is 19.2. The van der Waals surface area contributed by atoms with Gasteiger partial charge in [0.2, 0.25) is 9.47 Å². The van der Waals surface area contributed by atoms with Crippen molar-refractivity contribution < 1.29 is 9.90 Å². The lowest BCUT2D eigenvalue weighted by Crippen LogP contribution is -2.41. The first-order valence-electron chi connectivity index (χ1n) is 4.52. The van der Waals surface area contributed by atoms with E-state index in [1.807, 2.05) is 13.2 Å². The van der Waals surface area contributed by atoms with E-state index in [4.69, 9.17) is 16.7 Å². The summed E-state index contributed by atoms with van der Waals surface area (Å²) in [5.74, 6) is -0.315. The molecule has 2 atom stereocenters. The number of carbonyl (C=O) groups is 1. The van der Waals surface area contributed by atoms with Crippen molar-refractivity contribution in [1.82, 2.24) is 15.5 Å². The fourth-order valence-electron chi connectivity index (χ4n) is 1.10. The quantitative estimate of drug-likeness (QED) is 0.843. The predicted octanol–water partition coefficient (Wildman–Crippen LogP) is 1.03. The standard InChI is InChI=1S/C8H12ClN3O2S2/c1-4(5(3-13)15-2)10-6(14)7-11-12-8(9)16-7/h4-5,13H,3H2,1-2H3,(H,10,14). The summed E-state index contributed by atoms with van der Waals surface area (Å²) < 4.78 is 0.237. The molecule has 0 saturated heterocycles. The van der Waals surface area contributed by atoms with E-state index >= 15 is 0 Å². The molecule has 8 heteroatoms. The molecule has 0 radical (unpaired) electrons. The van der Waals surface area contributed by atoms with E-state index in [0.29, 0.717) is 0 Å². The van der Waals surface area contributed by atoms with Gasteiger partial charge in [0.1, 0.15) is 0 Å². The fourth-order valence-corrected chi connectivity index (χ4v) is 2.45. The zero-order valence-corrected chi connectivity index (χ0v) is 11.2. The Morgan fingerprint density at radius 3 is 2.81 bits per heavy atom. The van der Waals surface area contributed by atoms with E-state index < -0.39 is 0 Å². The highest BCUT2D eigenvalue weighted by molar-refractivity contribution is 7.99. The SMILES string of the molecule is CSC(CO)C(C)NC(=O)c1nnc(Cl)s1. The van der Waals surface area contributed by atoms with Crippen LogP contribution in [0.25, 0.3) is 0 Å². The van der Waals surface area contributed by atoms with E-state index in [1.165, 1.54) is 11.8 Å². The van der Waals surface area contributed by atoms with E-state index in [0.717, 1.165) is 11.3 Å². The second kappa shape index (κ2) is 6.39. The molecule has 2 N–H and O–H groups in total. The van der Waals surface area contributed by atoms with Crippen molar-refractivity contribution in [3.05, 3.63) is 9.47 Å². The summed E-state index contributed by atoms with van der Waals surface area (Å²) in [6, 6.07) is -0.143. The van der Waals surface area contributed by atoms with Crippen LogP contribution >= 0.6 is 34.7 Å². The van der Waals surface area contributed by atoms with E-state index in [1.54, 1.807) is 0 Å². The Morgan fingerprint density at radius 1 is 1.69 bits per heavy atom. The van der Waals surface area contributed by atoms with Gasteiger partial charge in [-0.05, 0) is 24.8 Å². The van der Waals surface area contributed by atoms with Crippen LogP contribution in [0.3, 0.4) is 0 Å². The summed E-state index contributed by atoms with van der Waals surface area (Å²) in [7, 11) is 0. The molecule has 0 saturated carbocycles. The molecule has 1 heterocycles. The average molecular weight is 282 g/mol. The minimum atomic E-state index is -0.315. The molecule has 16 heavy (non-hydrogen) atoms. The molecule has 1 amide bonds. The number of nitrogens with zero attached hydrogens (tertiary/aromatic N) is 2. The van der Waals surface area contributed by atoms with Crippen LogP contribution in [0.1, 0.15) is 16.7 Å². The van der Waals surface area contributed by atoms with Crippen LogP contribution in [-0.4, -0.2) is 45.4 Å². The van der Waals surface area contributed by atoms with E-state index in [2.05, 4.69) is 15.5 Å². The Morgan fingerprint density at radius 2 is 2.38 bits per heavy atom. The van der Waals surface area contributed by atoms with Crippen LogP contribution in [0.5, 0.6) is 0 Å². The number of carbonyl (C=O) groups excluding carboxylic acids is 1. The smallest absolute Gasteiger partial charge is 0.282 e. The monoisotopic (exact) mass is 281 g/mol. The molecule has 0 fully saturated rings. The van der Waals surface area contributed by atoms with Gasteiger partial charge in [-0.2, -0.15) is 11.8 Å². The lowest BCUT2D eigenvalue weighted by molar-refractivity contribution is 0.0935. The van der Waals surface area contributed by atoms with Gasteiger partial charge in [-0.1, -0.05) is 11.3 Å². The number of halogens is 1. The van der Waals surface area contributed by atoms with Gasteiger partial charge in [0.15, 0.2) is 0 Å². The van der Waals surface area contributed by atoms with Gasteiger partial charge < -0.3 is 10.4 Å². The Hall–Kier alpha value is -0.370. The fraction of sp³-hybridized carbons (Fsp3) is 0.625. The molecule has 1 aromatic rings. The minimum Gasteiger partial charge on any atom is -0.395 e. The first kappa shape index (κ1) is 13.7. The molecule has 0 bridgehead atoms. The zero-order valence-electron chi connectivity index (χ0n) is 8.81. The molecule has 1 aromatic heterocycles. The highest BCUT2D eigenvalue weighted by atomic mass is 35.5. The van der Waals surface area contributed by atoms with Gasteiger partial charge in [0.05, 0.1) is 6.61 Å². The second-order valence-electron chi connectivity index (χ2n) is 3.08. The van der Waals surface area contributed by atoms with Gasteiger partial charge in [-0.15, -0.1) is 10.2 Å². The predicted molar refractivity (Wildman–Crippen MR) is 66.2 cm³/mol. The van der Waals surface area contributed by atoms with Crippen LogP contribution < -0.4 is 5.32 Å². The van der Waals surface area contributed by atoms with Crippen molar-refractivity contribution in [2.45, 2.75) is 18.2 Å². The maximum Gasteiger partial charge on any atom is 0.282 e. The number of aliphatic hydroxyl groups excluding tert-OH is 1. The third kappa shape index (κ3) is 3.58. The van der Waals surface area contributed by atoms with Crippen LogP contribution in [0, 0.1) is 0 Å². The van der Waals surface area contributed by atoms with Gasteiger partial charge in [-0.25, -0.2) is 0 Å². The summed E-state index contributed by atoms with van der Waals surface area (Å²) in [4.78, 5) is 11.7. The number of aliphatic hydroxyl groups is 1. The molecule has 0 spiro atoms. The Bertz CT molecular complexity index is 357. The van der Waals surface area contributed by atoms with Crippen molar-refractivity contribution in [1.29, 1.82) is 0 Å². The number of amides is 1. The van der Waals surface area contributed by atoms with E-state index in [9.17, 15) is 4.79 Å². The van der Waals surface area contributed by atoms with Gasteiger partial charge in [0.25, 0.3) is 5.91 Å². The number of nitrogens with one attached hydrogen (secondary N) is 1. The third-order valence-corrected chi connectivity index (χ3v) is 4.17. The lowest BCUT2D eigenvalue weighted by Gasteiger charge is -2.20. The van der Waals surface area contributed by atoms with Crippen LogP contribution in [0.4, 0.5) is 0 Å². The number of hydrogen-bond donors (Lipinski definition) is 2. The van der Waals surface area contributed by atoms with Crippen LogP contribution in [0.15, 0.2) is 0 Å². The average Bonchev–Trinajstić information content (AvgIpc) is 2.66. The molecule has 1 rings (SSSR count). The summed E-state index contributed by atoms with van der Waals surface area (Å²) in [6.07, 6.45) is 1.88. The Balaban J connectivity index is 2.57. The Labute approximate surface area is 107 Å². The molecule has 0 aliphatic rings. The topological polar surface area (TPSA) is 75.1 Å². The normalized spacial score (nSPS) is 14.5. The minimum absolute atomic E-state index is 0.0134. The number of thioether (sulfide) groups is 1. The van der Waals surface area contributed by atoms with Crippen molar-refractivity contribution in [3.63, 3.8) is 0 Å². The van der Waals surface area contributed by atoms with Gasteiger partial charge >= 0.3 is 0 Å². The van der Waals surface area contributed by atoms with Gasteiger partial charge in [0, 0.05) is 11.3 Å². The molecular weight excluding hydrogens is 270 g/mol. The first-order chi connectivity index (χ1) is 7.58. The lowest BCUT2D eigenvalue weighted by atomic mass is 10.2. The Kier molecular flexibility index (Phi) is 5.47. The van der Waals surface area contributed by atoms with Crippen LogP contribution in [-0.2, 0) is 0 Å². The molecular formula is C8H12ClN3O2S2. The van der Waals surface area contributed by atoms with Crippen molar-refractivity contribution in [2.24, 2.45) is 0 Å². The maximum absolute atomic E-state index is 11.7. The third-order valence-electron chi connectivity index (χ3n) is 1.99. The van der Waals surface area contributed by atoms with E-state index in [-0.39, 0.29) is 33.3 Å². The zero-order chi connectivity index (χ0) is 12.1. The van der Waals surface area contributed by atoms with Crippen molar-refractivity contribution in [2.75, 3.05) is 12.9 Å². The highest BCUT2D eigenvalue weighted by Gasteiger charge is 2.20. The molecule has 0 aliphatic heterocycles. The second-order valence-corrected chi connectivity index (χ2v) is 5.72. The highest BCUT2D eigenvalue weighted by Crippen LogP contribution is 2.16. The number of hydrogen-bond acceptors (Lipinski definition) is 6. The molecule has 0 aliphatic carbocycles. The van der Waals surface area contributed by atoms with Crippen molar-refractivity contribution in [3.8, 4) is 0 Å². The van der Waals surface area contributed by atoms with Crippen molar-refractivity contribution >= 4 is 40.6 Å². The molecule has 0 aromatic carbocycles. The molecule has 2 unspecified atom stereocenters. The maximum atomic E-state index is 11.7. The number of aromatic nitrogens is 2.